The highest BCUT2D eigenvalue weighted by Gasteiger charge is 2.39. The third-order valence-corrected chi connectivity index (χ3v) is 7.55. The smallest absolute Gasteiger partial charge is 0.374 e. The zero-order valence-corrected chi connectivity index (χ0v) is 19.3. The molecule has 1 amide bonds. The molecule has 0 spiro atoms. The predicted octanol–water partition coefficient (Wildman–Crippen LogP) is 5.28. The summed E-state index contributed by atoms with van der Waals surface area (Å²) in [6.07, 6.45) is 13.6. The lowest BCUT2D eigenvalue weighted by molar-refractivity contribution is -0.121. The van der Waals surface area contributed by atoms with E-state index in [1.54, 1.807) is 0 Å². The zero-order chi connectivity index (χ0) is 20.2. The summed E-state index contributed by atoms with van der Waals surface area (Å²) in [5, 5.41) is 3.01. The number of hydrogen-bond acceptors (Lipinski definition) is 4. The molecule has 0 aromatic rings. The summed E-state index contributed by atoms with van der Waals surface area (Å²) in [6.45, 7) is 10.6. The summed E-state index contributed by atoms with van der Waals surface area (Å²) < 4.78 is 17.5. The molecule has 6 heteroatoms. The molecule has 0 unspecified atom stereocenters. The van der Waals surface area contributed by atoms with Gasteiger partial charge in [0, 0.05) is 38.8 Å². The molecule has 0 saturated heterocycles. The first kappa shape index (κ1) is 26.6. The van der Waals surface area contributed by atoms with Crippen molar-refractivity contribution in [1.29, 1.82) is 0 Å². The Bertz CT molecular complexity index is 325. The molecule has 0 rings (SSSR count). The van der Waals surface area contributed by atoms with Gasteiger partial charge in [-0.1, -0.05) is 45.4 Å². The van der Waals surface area contributed by atoms with Crippen LogP contribution in [0.2, 0.25) is 6.04 Å². The van der Waals surface area contributed by atoms with Gasteiger partial charge in [0.2, 0.25) is 5.91 Å². The van der Waals surface area contributed by atoms with Crippen LogP contribution >= 0.6 is 0 Å². The van der Waals surface area contributed by atoms with E-state index in [-0.39, 0.29) is 5.91 Å². The van der Waals surface area contributed by atoms with Crippen molar-refractivity contribution >= 4 is 14.7 Å². The van der Waals surface area contributed by atoms with Crippen molar-refractivity contribution in [1.82, 2.24) is 5.32 Å². The van der Waals surface area contributed by atoms with Gasteiger partial charge in [-0.2, -0.15) is 0 Å². The standard InChI is InChI=1S/C21H44NO4Si/c1-5-9-10-11-12-13-14-15-16-18-21(23)22-19-17-20-27(24-6-2,25-7-3)26-8-4/h14H,5-13,15-20H2,1-4H3,(H,22,23). The highest BCUT2D eigenvalue weighted by atomic mass is 28.4. The van der Waals surface area contributed by atoms with Crippen LogP contribution in [0.4, 0.5) is 0 Å². The minimum Gasteiger partial charge on any atom is -0.374 e. The molecule has 0 atom stereocenters. The molecule has 1 radical (unpaired) electrons. The Morgan fingerprint density at radius 3 is 2.00 bits per heavy atom. The molecule has 1 N–H and O–H groups in total. The van der Waals surface area contributed by atoms with Crippen molar-refractivity contribution in [2.75, 3.05) is 26.4 Å². The lowest BCUT2D eigenvalue weighted by Crippen LogP contribution is -2.46. The van der Waals surface area contributed by atoms with Crippen molar-refractivity contribution in [3.05, 3.63) is 6.42 Å². The minimum absolute atomic E-state index is 0.142. The maximum absolute atomic E-state index is 11.9. The van der Waals surface area contributed by atoms with Gasteiger partial charge in [-0.05, 0) is 46.5 Å². The SMILES string of the molecule is CCCCCCC[CH]CCCC(=O)NCCC[Si](OCC)(OCC)OCC. The van der Waals surface area contributed by atoms with Gasteiger partial charge in [0.1, 0.15) is 0 Å². The fourth-order valence-corrected chi connectivity index (χ4v) is 5.68. The van der Waals surface area contributed by atoms with Crippen LogP contribution in [0.1, 0.15) is 91.9 Å². The molecule has 161 valence electrons. The number of amides is 1. The molecular weight excluding hydrogens is 358 g/mol. The van der Waals surface area contributed by atoms with Crippen LogP contribution in [0.5, 0.6) is 0 Å². The predicted molar refractivity (Wildman–Crippen MR) is 115 cm³/mol. The molecule has 0 saturated carbocycles. The van der Waals surface area contributed by atoms with Crippen molar-refractivity contribution in [3.63, 3.8) is 0 Å². The summed E-state index contributed by atoms with van der Waals surface area (Å²) in [7, 11) is -2.58. The first-order valence-electron chi connectivity index (χ1n) is 11.1. The van der Waals surface area contributed by atoms with Crippen LogP contribution in [0.3, 0.4) is 0 Å². The van der Waals surface area contributed by atoms with Gasteiger partial charge in [-0.15, -0.1) is 0 Å². The van der Waals surface area contributed by atoms with Crippen LogP contribution in [0.15, 0.2) is 0 Å². The summed E-state index contributed by atoms with van der Waals surface area (Å²) >= 11 is 0. The van der Waals surface area contributed by atoms with Gasteiger partial charge >= 0.3 is 8.80 Å². The molecule has 0 aromatic heterocycles. The highest BCUT2D eigenvalue weighted by Crippen LogP contribution is 2.17. The number of nitrogens with one attached hydrogen (secondary N) is 1. The van der Waals surface area contributed by atoms with Gasteiger partial charge in [-0.3, -0.25) is 4.79 Å². The van der Waals surface area contributed by atoms with Gasteiger partial charge < -0.3 is 18.6 Å². The third kappa shape index (κ3) is 15.2. The van der Waals surface area contributed by atoms with E-state index in [2.05, 4.69) is 18.7 Å². The summed E-state index contributed by atoms with van der Waals surface area (Å²) in [4.78, 5) is 11.9. The van der Waals surface area contributed by atoms with E-state index in [0.717, 1.165) is 25.3 Å². The average molecular weight is 403 g/mol. The fourth-order valence-electron chi connectivity index (χ4n) is 3.07. The van der Waals surface area contributed by atoms with E-state index in [1.165, 1.54) is 38.5 Å². The van der Waals surface area contributed by atoms with Crippen molar-refractivity contribution < 1.29 is 18.1 Å². The topological polar surface area (TPSA) is 56.8 Å². The van der Waals surface area contributed by atoms with Gasteiger partial charge in [0.15, 0.2) is 0 Å². The number of carbonyl (C=O) groups is 1. The Balaban J connectivity index is 3.74. The first-order valence-corrected chi connectivity index (χ1v) is 13.1. The first-order chi connectivity index (χ1) is 13.1. The zero-order valence-electron chi connectivity index (χ0n) is 18.3. The molecule has 0 aliphatic rings. The van der Waals surface area contributed by atoms with Crippen molar-refractivity contribution in [2.24, 2.45) is 0 Å². The van der Waals surface area contributed by atoms with E-state index < -0.39 is 8.80 Å². The number of carbonyl (C=O) groups excluding carboxylic acids is 1. The number of unbranched alkanes of at least 4 members (excludes halogenated alkanes) is 8. The van der Waals surface area contributed by atoms with Gasteiger partial charge in [0.05, 0.1) is 0 Å². The van der Waals surface area contributed by atoms with Crippen molar-refractivity contribution in [2.45, 2.75) is 97.9 Å². The van der Waals surface area contributed by atoms with E-state index >= 15 is 0 Å². The Labute approximate surface area is 169 Å². The third-order valence-electron chi connectivity index (χ3n) is 4.40. The normalized spacial score (nSPS) is 11.7. The second kappa shape index (κ2) is 18.9. The van der Waals surface area contributed by atoms with E-state index in [0.29, 0.717) is 32.8 Å². The fraction of sp³-hybridized carbons (Fsp3) is 0.905. The summed E-state index contributed by atoms with van der Waals surface area (Å²) in [6, 6.07) is 0.745. The molecule has 0 aromatic carbocycles. The van der Waals surface area contributed by atoms with E-state index in [4.69, 9.17) is 13.3 Å². The monoisotopic (exact) mass is 402 g/mol. The second-order valence-corrected chi connectivity index (χ2v) is 9.55. The van der Waals surface area contributed by atoms with Gasteiger partial charge in [-0.25, -0.2) is 0 Å². The molecule has 0 heterocycles. The van der Waals surface area contributed by atoms with Crippen LogP contribution < -0.4 is 5.32 Å². The van der Waals surface area contributed by atoms with E-state index in [1.807, 2.05) is 20.8 Å². The quantitative estimate of drug-likeness (QED) is 0.222. The summed E-state index contributed by atoms with van der Waals surface area (Å²) in [5.74, 6) is 0.142. The average Bonchev–Trinajstić information content (AvgIpc) is 2.64. The molecule has 0 bridgehead atoms. The molecule has 5 nitrogen and oxygen atoms in total. The number of rotatable bonds is 20. The Kier molecular flexibility index (Phi) is 18.6. The lowest BCUT2D eigenvalue weighted by atomic mass is 10.1. The largest absolute Gasteiger partial charge is 0.500 e. The highest BCUT2D eigenvalue weighted by molar-refractivity contribution is 6.60. The second-order valence-electron chi connectivity index (χ2n) is 6.82. The Morgan fingerprint density at radius 1 is 0.815 bits per heavy atom. The van der Waals surface area contributed by atoms with E-state index in [9.17, 15) is 4.79 Å². The molecular formula is C21H44NO4Si. The van der Waals surface area contributed by atoms with Gasteiger partial charge in [0.25, 0.3) is 0 Å². The number of hydrogen-bond donors (Lipinski definition) is 1. The summed E-state index contributed by atoms with van der Waals surface area (Å²) in [5.41, 5.74) is 0. The molecule has 0 aliphatic carbocycles. The van der Waals surface area contributed by atoms with Crippen LogP contribution in [0.25, 0.3) is 0 Å². The molecule has 0 aliphatic heterocycles. The Morgan fingerprint density at radius 2 is 1.41 bits per heavy atom. The maximum atomic E-state index is 11.9. The molecule has 0 fully saturated rings. The van der Waals surface area contributed by atoms with Crippen LogP contribution in [-0.4, -0.2) is 41.1 Å². The van der Waals surface area contributed by atoms with Crippen LogP contribution in [0, 0.1) is 6.42 Å². The molecule has 27 heavy (non-hydrogen) atoms. The Hall–Kier alpha value is -0.433. The maximum Gasteiger partial charge on any atom is 0.500 e. The minimum atomic E-state index is -2.58. The lowest BCUT2D eigenvalue weighted by Gasteiger charge is -2.28. The van der Waals surface area contributed by atoms with Crippen molar-refractivity contribution in [3.8, 4) is 0 Å². The van der Waals surface area contributed by atoms with Crippen LogP contribution in [-0.2, 0) is 18.1 Å².